The van der Waals surface area contributed by atoms with E-state index < -0.39 is 0 Å². The van der Waals surface area contributed by atoms with Crippen molar-refractivity contribution in [1.29, 1.82) is 0 Å². The molecule has 0 aliphatic heterocycles. The molecule has 0 bridgehead atoms. The fourth-order valence-corrected chi connectivity index (χ4v) is 3.39. The summed E-state index contributed by atoms with van der Waals surface area (Å²) in [5.74, 6) is 0.302. The molecule has 5 rings (SSSR count). The molecule has 0 saturated heterocycles. The second kappa shape index (κ2) is 8.20. The van der Waals surface area contributed by atoms with Crippen molar-refractivity contribution in [3.63, 3.8) is 0 Å². The molecule has 9 nitrogen and oxygen atoms in total. The molecule has 10 heteroatoms. The van der Waals surface area contributed by atoms with Crippen LogP contribution in [0, 0.1) is 6.92 Å². The first kappa shape index (κ1) is 19.8. The summed E-state index contributed by atoms with van der Waals surface area (Å²) in [4.78, 5) is 21.3. The van der Waals surface area contributed by atoms with E-state index >= 15 is 0 Å². The van der Waals surface area contributed by atoms with Crippen LogP contribution in [0.3, 0.4) is 0 Å². The number of amides is 1. The first-order chi connectivity index (χ1) is 15.6. The van der Waals surface area contributed by atoms with E-state index in [1.807, 2.05) is 30.3 Å². The third kappa shape index (κ3) is 3.81. The van der Waals surface area contributed by atoms with Gasteiger partial charge in [-0.05, 0) is 55.5 Å². The van der Waals surface area contributed by atoms with Crippen LogP contribution in [0.4, 0.5) is 0 Å². The molecule has 0 atom stereocenters. The van der Waals surface area contributed by atoms with Crippen molar-refractivity contribution < 1.29 is 9.32 Å². The van der Waals surface area contributed by atoms with Gasteiger partial charge in [-0.25, -0.2) is 4.68 Å². The van der Waals surface area contributed by atoms with E-state index in [-0.39, 0.29) is 24.0 Å². The van der Waals surface area contributed by atoms with Crippen LogP contribution in [0.5, 0.6) is 0 Å². The monoisotopic (exact) mass is 445 g/mol. The maximum Gasteiger partial charge on any atom is 0.274 e. The van der Waals surface area contributed by atoms with Gasteiger partial charge in [0.15, 0.2) is 5.69 Å². The number of aromatic nitrogens is 6. The van der Waals surface area contributed by atoms with Crippen molar-refractivity contribution in [2.45, 2.75) is 13.5 Å². The molecule has 5 aromatic rings. The topological polar surface area (TPSA) is 112 Å². The lowest BCUT2D eigenvalue weighted by Gasteiger charge is -2.05. The van der Waals surface area contributed by atoms with E-state index in [0.29, 0.717) is 16.5 Å². The van der Waals surface area contributed by atoms with Gasteiger partial charge in [0.2, 0.25) is 11.7 Å². The number of hydrogen-bond acceptors (Lipinski definition) is 7. The number of rotatable bonds is 5. The number of nitrogens with one attached hydrogen (secondary N) is 1. The fraction of sp³-hybridized carbons (Fsp3) is 0.0909. The first-order valence-corrected chi connectivity index (χ1v) is 10.1. The van der Waals surface area contributed by atoms with Gasteiger partial charge in [0.1, 0.15) is 0 Å². The smallest absolute Gasteiger partial charge is 0.274 e. The van der Waals surface area contributed by atoms with Gasteiger partial charge in [-0.2, -0.15) is 4.98 Å². The van der Waals surface area contributed by atoms with Gasteiger partial charge < -0.3 is 9.84 Å². The highest BCUT2D eigenvalue weighted by atomic mass is 35.5. The van der Waals surface area contributed by atoms with Crippen LogP contribution < -0.4 is 5.32 Å². The van der Waals surface area contributed by atoms with Crippen molar-refractivity contribution in [2.75, 3.05) is 0 Å². The Labute approximate surface area is 187 Å². The van der Waals surface area contributed by atoms with Crippen molar-refractivity contribution in [3.8, 4) is 17.1 Å². The molecule has 32 heavy (non-hydrogen) atoms. The van der Waals surface area contributed by atoms with Gasteiger partial charge in [-0.1, -0.05) is 28.0 Å². The van der Waals surface area contributed by atoms with E-state index in [1.54, 1.807) is 42.1 Å². The largest absolute Gasteiger partial charge is 0.341 e. The third-order valence-corrected chi connectivity index (χ3v) is 5.16. The maximum atomic E-state index is 12.7. The Morgan fingerprint density at radius 2 is 2.00 bits per heavy atom. The van der Waals surface area contributed by atoms with Crippen LogP contribution >= 0.6 is 11.6 Å². The fourth-order valence-electron chi connectivity index (χ4n) is 3.26. The Hall–Kier alpha value is -4.11. The van der Waals surface area contributed by atoms with Crippen molar-refractivity contribution in [3.05, 3.63) is 83.1 Å². The summed E-state index contributed by atoms with van der Waals surface area (Å²) in [5.41, 5.74) is 3.26. The average molecular weight is 446 g/mol. The lowest BCUT2D eigenvalue weighted by molar-refractivity contribution is 0.0940. The highest BCUT2D eigenvalue weighted by molar-refractivity contribution is 6.30. The molecule has 1 N–H and O–H groups in total. The quantitative estimate of drug-likeness (QED) is 0.438. The predicted octanol–water partition coefficient (Wildman–Crippen LogP) is 3.76. The van der Waals surface area contributed by atoms with Crippen molar-refractivity contribution >= 4 is 28.4 Å². The summed E-state index contributed by atoms with van der Waals surface area (Å²) in [6.07, 6.45) is 1.74. The number of hydrogen-bond donors (Lipinski definition) is 1. The highest BCUT2D eigenvalue weighted by Crippen LogP contribution is 2.20. The summed E-state index contributed by atoms with van der Waals surface area (Å²) in [6.45, 7) is 1.85. The van der Waals surface area contributed by atoms with Gasteiger partial charge >= 0.3 is 0 Å². The molecule has 0 aliphatic rings. The standard InChI is InChI=1S/C22H16ClN7O2/c1-13-20(27-29-30(13)17-8-9-18-15(11-17)3-2-10-24-18)22(31)25-12-19-26-21(28-32-19)14-4-6-16(23)7-5-14/h2-11H,12H2,1H3,(H,25,31). The zero-order valence-corrected chi connectivity index (χ0v) is 17.6. The molecule has 0 spiro atoms. The van der Waals surface area contributed by atoms with Crippen LogP contribution in [-0.4, -0.2) is 36.0 Å². The minimum absolute atomic E-state index is 0.0629. The molecule has 2 aromatic carbocycles. The number of carbonyl (C=O) groups is 1. The van der Waals surface area contributed by atoms with Gasteiger partial charge in [-0.15, -0.1) is 5.10 Å². The number of carbonyl (C=O) groups excluding carboxylic acids is 1. The predicted molar refractivity (Wildman–Crippen MR) is 117 cm³/mol. The third-order valence-electron chi connectivity index (χ3n) is 4.91. The summed E-state index contributed by atoms with van der Waals surface area (Å²) in [5, 5.41) is 16.5. The second-order valence-corrected chi connectivity index (χ2v) is 7.45. The van der Waals surface area contributed by atoms with E-state index in [4.69, 9.17) is 16.1 Å². The van der Waals surface area contributed by atoms with Gasteiger partial charge in [0.25, 0.3) is 5.91 Å². The molecule has 3 heterocycles. The zero-order chi connectivity index (χ0) is 22.1. The van der Waals surface area contributed by atoms with E-state index in [9.17, 15) is 4.79 Å². The molecule has 0 aliphatic carbocycles. The summed E-state index contributed by atoms with van der Waals surface area (Å²) >= 11 is 5.90. The molecule has 158 valence electrons. The van der Waals surface area contributed by atoms with Crippen molar-refractivity contribution in [1.82, 2.24) is 35.4 Å². The summed E-state index contributed by atoms with van der Waals surface area (Å²) in [7, 11) is 0. The lowest BCUT2D eigenvalue weighted by Crippen LogP contribution is -2.24. The molecular weight excluding hydrogens is 430 g/mol. The van der Waals surface area contributed by atoms with Gasteiger partial charge in [0, 0.05) is 22.2 Å². The van der Waals surface area contributed by atoms with E-state index in [2.05, 4.69) is 30.8 Å². The van der Waals surface area contributed by atoms with Crippen molar-refractivity contribution in [2.24, 2.45) is 0 Å². The van der Waals surface area contributed by atoms with Crippen LogP contribution in [0.15, 0.2) is 65.3 Å². The molecule has 3 aromatic heterocycles. The Morgan fingerprint density at radius 1 is 1.16 bits per heavy atom. The molecule has 0 unspecified atom stereocenters. The number of halogens is 1. The molecule has 0 radical (unpaired) electrons. The first-order valence-electron chi connectivity index (χ1n) is 9.73. The zero-order valence-electron chi connectivity index (χ0n) is 16.9. The molecule has 1 amide bonds. The Bertz CT molecular complexity index is 1430. The summed E-state index contributed by atoms with van der Waals surface area (Å²) in [6, 6.07) is 16.6. The lowest BCUT2D eigenvalue weighted by atomic mass is 10.2. The number of fused-ring (bicyclic) bond motifs is 1. The van der Waals surface area contributed by atoms with E-state index in [0.717, 1.165) is 22.2 Å². The van der Waals surface area contributed by atoms with Crippen LogP contribution in [0.25, 0.3) is 28.0 Å². The minimum atomic E-state index is -0.387. The number of benzene rings is 2. The molecule has 0 saturated carbocycles. The minimum Gasteiger partial charge on any atom is -0.341 e. The van der Waals surface area contributed by atoms with E-state index in [1.165, 1.54) is 0 Å². The molecular formula is C22H16ClN7O2. The average Bonchev–Trinajstić information content (AvgIpc) is 3.44. The highest BCUT2D eigenvalue weighted by Gasteiger charge is 2.18. The summed E-state index contributed by atoms with van der Waals surface area (Å²) < 4.78 is 6.84. The van der Waals surface area contributed by atoms with Crippen LogP contribution in [0.2, 0.25) is 5.02 Å². The SMILES string of the molecule is Cc1c(C(=O)NCc2nc(-c3ccc(Cl)cc3)no2)nnn1-c1ccc2ncccc2c1. The Morgan fingerprint density at radius 3 is 2.84 bits per heavy atom. The number of pyridine rings is 1. The number of nitrogens with zero attached hydrogens (tertiary/aromatic N) is 6. The van der Waals surface area contributed by atoms with Crippen LogP contribution in [0.1, 0.15) is 22.1 Å². The molecule has 0 fully saturated rings. The van der Waals surface area contributed by atoms with Gasteiger partial charge in [-0.3, -0.25) is 9.78 Å². The maximum absolute atomic E-state index is 12.7. The van der Waals surface area contributed by atoms with Gasteiger partial charge in [0.05, 0.1) is 23.4 Å². The Kier molecular flexibility index (Phi) is 5.08. The van der Waals surface area contributed by atoms with Crippen LogP contribution in [-0.2, 0) is 6.54 Å². The normalized spacial score (nSPS) is 11.1. The second-order valence-electron chi connectivity index (χ2n) is 7.02. The Balaban J connectivity index is 1.30.